The summed E-state index contributed by atoms with van der Waals surface area (Å²) in [5, 5.41) is 8.99. The maximum Gasteiger partial charge on any atom is 0.209 e. The van der Waals surface area contributed by atoms with Crippen LogP contribution < -0.4 is 0 Å². The third-order valence-corrected chi connectivity index (χ3v) is 3.16. The number of carbonyl (C=O) groups is 1. The van der Waals surface area contributed by atoms with Gasteiger partial charge in [0, 0.05) is 19.2 Å². The quantitative estimate of drug-likeness (QED) is 0.680. The average molecular weight is 199 g/mol. The summed E-state index contributed by atoms with van der Waals surface area (Å²) in [5.74, 6) is 0.473. The second kappa shape index (κ2) is 6.02. The fourth-order valence-corrected chi connectivity index (χ4v) is 2.24. The molecule has 14 heavy (non-hydrogen) atoms. The van der Waals surface area contributed by atoms with Gasteiger partial charge in [0.15, 0.2) is 0 Å². The van der Waals surface area contributed by atoms with E-state index in [9.17, 15) is 4.79 Å². The lowest BCUT2D eigenvalue weighted by atomic mass is 9.86. The van der Waals surface area contributed by atoms with Crippen LogP contribution in [-0.4, -0.2) is 35.6 Å². The molecule has 1 fully saturated rings. The van der Waals surface area contributed by atoms with Gasteiger partial charge in [0.2, 0.25) is 6.41 Å². The van der Waals surface area contributed by atoms with Gasteiger partial charge in [-0.1, -0.05) is 6.92 Å². The average Bonchev–Trinajstić information content (AvgIpc) is 2.26. The van der Waals surface area contributed by atoms with Crippen molar-refractivity contribution in [3.8, 4) is 0 Å². The van der Waals surface area contributed by atoms with Gasteiger partial charge in [0.05, 0.1) is 0 Å². The molecule has 82 valence electrons. The Morgan fingerprint density at radius 1 is 1.36 bits per heavy atom. The normalized spacial score (nSPS) is 27.3. The van der Waals surface area contributed by atoms with E-state index in [1.807, 2.05) is 4.90 Å². The van der Waals surface area contributed by atoms with Crippen molar-refractivity contribution in [2.45, 2.75) is 45.1 Å². The highest BCUT2D eigenvalue weighted by molar-refractivity contribution is 5.47. The Bertz CT molecular complexity index is 165. The smallest absolute Gasteiger partial charge is 0.209 e. The summed E-state index contributed by atoms with van der Waals surface area (Å²) in [4.78, 5) is 12.7. The molecule has 1 amide bonds. The first-order valence-electron chi connectivity index (χ1n) is 5.63. The van der Waals surface area contributed by atoms with Crippen molar-refractivity contribution < 1.29 is 9.90 Å². The van der Waals surface area contributed by atoms with Gasteiger partial charge in [-0.2, -0.15) is 0 Å². The molecule has 0 spiro atoms. The van der Waals surface area contributed by atoms with Crippen LogP contribution in [0.25, 0.3) is 0 Å². The first-order chi connectivity index (χ1) is 6.81. The van der Waals surface area contributed by atoms with Crippen molar-refractivity contribution in [2.24, 2.45) is 5.92 Å². The van der Waals surface area contributed by atoms with Crippen LogP contribution in [-0.2, 0) is 4.79 Å². The minimum atomic E-state index is 0.307. The summed E-state index contributed by atoms with van der Waals surface area (Å²) < 4.78 is 0. The van der Waals surface area contributed by atoms with E-state index in [1.165, 1.54) is 0 Å². The lowest BCUT2D eigenvalue weighted by Crippen LogP contribution is -2.38. The Kier molecular flexibility index (Phi) is 4.94. The summed E-state index contributed by atoms with van der Waals surface area (Å²) in [5.41, 5.74) is 0. The minimum absolute atomic E-state index is 0.307. The monoisotopic (exact) mass is 199 g/mol. The van der Waals surface area contributed by atoms with Crippen LogP contribution in [0, 0.1) is 5.92 Å². The molecule has 0 saturated heterocycles. The molecule has 1 saturated carbocycles. The lowest BCUT2D eigenvalue weighted by molar-refractivity contribution is -0.121. The molecule has 0 atom stereocenters. The topological polar surface area (TPSA) is 40.5 Å². The maximum absolute atomic E-state index is 10.8. The Balaban J connectivity index is 2.35. The fraction of sp³-hybridized carbons (Fsp3) is 0.909. The van der Waals surface area contributed by atoms with Gasteiger partial charge in [-0.05, 0) is 38.0 Å². The zero-order valence-corrected chi connectivity index (χ0v) is 8.98. The van der Waals surface area contributed by atoms with Gasteiger partial charge in [-0.25, -0.2) is 0 Å². The van der Waals surface area contributed by atoms with Crippen molar-refractivity contribution in [3.63, 3.8) is 0 Å². The number of hydrogen-bond acceptors (Lipinski definition) is 2. The minimum Gasteiger partial charge on any atom is -0.396 e. The Labute approximate surface area is 86.1 Å². The molecular weight excluding hydrogens is 178 g/mol. The Morgan fingerprint density at radius 2 is 2.00 bits per heavy atom. The molecular formula is C11H21NO2. The van der Waals surface area contributed by atoms with Crippen LogP contribution in [0.5, 0.6) is 0 Å². The maximum atomic E-state index is 10.8. The molecule has 3 nitrogen and oxygen atoms in total. The number of amides is 1. The van der Waals surface area contributed by atoms with Crippen LogP contribution in [0.3, 0.4) is 0 Å². The van der Waals surface area contributed by atoms with E-state index >= 15 is 0 Å². The highest BCUT2D eigenvalue weighted by atomic mass is 16.3. The summed E-state index contributed by atoms with van der Waals surface area (Å²) in [6.45, 7) is 3.27. The van der Waals surface area contributed by atoms with E-state index in [0.717, 1.165) is 45.1 Å². The van der Waals surface area contributed by atoms with Crippen LogP contribution in [0.2, 0.25) is 0 Å². The molecule has 0 radical (unpaired) electrons. The summed E-state index contributed by atoms with van der Waals surface area (Å²) in [6, 6.07) is 0.426. The van der Waals surface area contributed by atoms with E-state index in [-0.39, 0.29) is 0 Å². The van der Waals surface area contributed by atoms with E-state index in [0.29, 0.717) is 18.6 Å². The Hall–Kier alpha value is -0.570. The van der Waals surface area contributed by atoms with Gasteiger partial charge in [0.25, 0.3) is 0 Å². The molecule has 0 bridgehead atoms. The fourth-order valence-electron chi connectivity index (χ4n) is 2.24. The number of nitrogens with zero attached hydrogens (tertiary/aromatic N) is 1. The molecule has 0 aromatic carbocycles. The molecule has 0 aromatic rings. The largest absolute Gasteiger partial charge is 0.396 e. The van der Waals surface area contributed by atoms with Crippen molar-refractivity contribution in [1.82, 2.24) is 4.90 Å². The number of rotatable bonds is 5. The molecule has 1 aliphatic rings. The molecule has 0 aromatic heterocycles. The van der Waals surface area contributed by atoms with Gasteiger partial charge < -0.3 is 10.0 Å². The van der Waals surface area contributed by atoms with Crippen LogP contribution in [0.15, 0.2) is 0 Å². The first-order valence-corrected chi connectivity index (χ1v) is 5.63. The highest BCUT2D eigenvalue weighted by Gasteiger charge is 2.23. The summed E-state index contributed by atoms with van der Waals surface area (Å²) >= 11 is 0. The molecule has 3 heteroatoms. The molecule has 0 heterocycles. The van der Waals surface area contributed by atoms with Crippen molar-refractivity contribution >= 4 is 6.41 Å². The van der Waals surface area contributed by atoms with Crippen molar-refractivity contribution in [2.75, 3.05) is 13.2 Å². The molecule has 1 N–H and O–H groups in total. The molecule has 0 aliphatic heterocycles. The third kappa shape index (κ3) is 2.98. The summed E-state index contributed by atoms with van der Waals surface area (Å²) in [7, 11) is 0. The van der Waals surface area contributed by atoms with E-state index < -0.39 is 0 Å². The van der Waals surface area contributed by atoms with Crippen molar-refractivity contribution in [3.05, 3.63) is 0 Å². The predicted octanol–water partition coefficient (Wildman–Crippen LogP) is 1.41. The predicted molar refractivity (Wildman–Crippen MR) is 55.9 cm³/mol. The first kappa shape index (κ1) is 11.5. The Morgan fingerprint density at radius 3 is 2.43 bits per heavy atom. The summed E-state index contributed by atoms with van der Waals surface area (Å²) in [6.07, 6.45) is 6.25. The van der Waals surface area contributed by atoms with E-state index in [2.05, 4.69) is 6.92 Å². The number of hydrogen-bond donors (Lipinski definition) is 1. The SMILES string of the molecule is CCCN(C=O)C1CCC(CO)CC1. The van der Waals surface area contributed by atoms with Gasteiger partial charge >= 0.3 is 0 Å². The standard InChI is InChI=1S/C11H21NO2/c1-2-7-12(9-14)11-5-3-10(8-13)4-6-11/h9-11,13H,2-8H2,1H3. The molecule has 1 rings (SSSR count). The van der Waals surface area contributed by atoms with Crippen LogP contribution >= 0.6 is 0 Å². The highest BCUT2D eigenvalue weighted by Crippen LogP contribution is 2.26. The second-order valence-electron chi connectivity index (χ2n) is 4.20. The molecule has 1 aliphatic carbocycles. The zero-order chi connectivity index (χ0) is 10.4. The second-order valence-corrected chi connectivity index (χ2v) is 4.20. The van der Waals surface area contributed by atoms with Gasteiger partial charge in [-0.15, -0.1) is 0 Å². The zero-order valence-electron chi connectivity index (χ0n) is 8.98. The van der Waals surface area contributed by atoms with Gasteiger partial charge in [0.1, 0.15) is 0 Å². The van der Waals surface area contributed by atoms with Gasteiger partial charge in [-0.3, -0.25) is 4.79 Å². The van der Waals surface area contributed by atoms with Crippen molar-refractivity contribution in [1.29, 1.82) is 0 Å². The lowest BCUT2D eigenvalue weighted by Gasteiger charge is -2.34. The van der Waals surface area contributed by atoms with Crippen LogP contribution in [0.1, 0.15) is 39.0 Å². The van der Waals surface area contributed by atoms with Crippen LogP contribution in [0.4, 0.5) is 0 Å². The number of aliphatic hydroxyl groups excluding tert-OH is 1. The van der Waals surface area contributed by atoms with E-state index in [4.69, 9.17) is 5.11 Å². The third-order valence-electron chi connectivity index (χ3n) is 3.16. The number of aliphatic hydroxyl groups is 1. The van der Waals surface area contributed by atoms with E-state index in [1.54, 1.807) is 0 Å². The number of carbonyl (C=O) groups excluding carboxylic acids is 1. The molecule has 0 unspecified atom stereocenters.